The molecule has 0 bridgehead atoms. The minimum Gasteiger partial charge on any atom is -0.471 e. The van der Waals surface area contributed by atoms with Gasteiger partial charge in [-0.2, -0.15) is 5.10 Å². The lowest BCUT2D eigenvalue weighted by molar-refractivity contribution is 0.0613. The molecule has 8 heteroatoms. The number of amides is 1. The predicted molar refractivity (Wildman–Crippen MR) is 107 cm³/mol. The van der Waals surface area contributed by atoms with Crippen LogP contribution in [0.3, 0.4) is 0 Å². The van der Waals surface area contributed by atoms with Crippen LogP contribution in [0.15, 0.2) is 63.8 Å². The minimum atomic E-state index is -0.0416. The summed E-state index contributed by atoms with van der Waals surface area (Å²) in [6.07, 6.45) is 3.45. The number of rotatable bonds is 6. The smallest absolute Gasteiger partial charge is 0.274 e. The summed E-state index contributed by atoms with van der Waals surface area (Å²) in [6, 6.07) is 13.2. The van der Waals surface area contributed by atoms with Crippen molar-refractivity contribution >= 4 is 21.8 Å². The highest BCUT2D eigenvalue weighted by Gasteiger charge is 2.24. The normalized spacial score (nSPS) is 15.0. The van der Waals surface area contributed by atoms with E-state index in [4.69, 9.17) is 9.15 Å². The van der Waals surface area contributed by atoms with Crippen LogP contribution in [0.25, 0.3) is 0 Å². The Labute approximate surface area is 171 Å². The SMILES string of the molecule is O=C(c1ccn(COc2ccc(Br)cc2)n1)N1CCN(Cc2ccco2)CC1. The van der Waals surface area contributed by atoms with Crippen LogP contribution in [0.4, 0.5) is 0 Å². The molecule has 7 nitrogen and oxygen atoms in total. The summed E-state index contributed by atoms with van der Waals surface area (Å²) in [7, 11) is 0. The first-order valence-corrected chi connectivity index (χ1v) is 9.92. The molecule has 0 spiro atoms. The van der Waals surface area contributed by atoms with Crippen molar-refractivity contribution in [2.75, 3.05) is 26.2 Å². The minimum absolute atomic E-state index is 0.0416. The molecule has 1 aliphatic rings. The number of hydrogen-bond donors (Lipinski definition) is 0. The lowest BCUT2D eigenvalue weighted by Gasteiger charge is -2.33. The molecule has 0 saturated carbocycles. The topological polar surface area (TPSA) is 63.7 Å². The molecule has 1 amide bonds. The maximum absolute atomic E-state index is 12.7. The average molecular weight is 445 g/mol. The van der Waals surface area contributed by atoms with Crippen molar-refractivity contribution in [3.05, 3.63) is 70.9 Å². The molecular weight excluding hydrogens is 424 g/mol. The van der Waals surface area contributed by atoms with Crippen molar-refractivity contribution in [1.82, 2.24) is 19.6 Å². The second-order valence-electron chi connectivity index (χ2n) is 6.62. The van der Waals surface area contributed by atoms with E-state index in [0.717, 1.165) is 35.6 Å². The zero-order valence-corrected chi connectivity index (χ0v) is 16.9. The number of aromatic nitrogens is 2. The van der Waals surface area contributed by atoms with Gasteiger partial charge >= 0.3 is 0 Å². The maximum Gasteiger partial charge on any atom is 0.274 e. The van der Waals surface area contributed by atoms with Crippen LogP contribution in [0.1, 0.15) is 16.2 Å². The highest BCUT2D eigenvalue weighted by molar-refractivity contribution is 9.10. The van der Waals surface area contributed by atoms with Gasteiger partial charge in [0.25, 0.3) is 5.91 Å². The van der Waals surface area contributed by atoms with Crippen molar-refractivity contribution < 1.29 is 13.9 Å². The van der Waals surface area contributed by atoms with E-state index in [1.807, 2.05) is 41.3 Å². The number of furan rings is 1. The van der Waals surface area contributed by atoms with E-state index in [1.165, 1.54) is 0 Å². The van der Waals surface area contributed by atoms with Gasteiger partial charge in [0.15, 0.2) is 12.4 Å². The molecule has 0 atom stereocenters. The molecule has 3 aromatic rings. The quantitative estimate of drug-likeness (QED) is 0.583. The molecule has 1 aliphatic heterocycles. The van der Waals surface area contributed by atoms with Crippen LogP contribution in [0.2, 0.25) is 0 Å². The average Bonchev–Trinajstić information content (AvgIpc) is 3.40. The maximum atomic E-state index is 12.7. The van der Waals surface area contributed by atoms with Crippen LogP contribution >= 0.6 is 15.9 Å². The van der Waals surface area contributed by atoms with Crippen LogP contribution in [0, 0.1) is 0 Å². The van der Waals surface area contributed by atoms with Gasteiger partial charge in [-0.3, -0.25) is 9.69 Å². The Kier molecular flexibility index (Phi) is 5.78. The summed E-state index contributed by atoms with van der Waals surface area (Å²) >= 11 is 3.39. The van der Waals surface area contributed by atoms with Gasteiger partial charge in [0.2, 0.25) is 0 Å². The number of piperazine rings is 1. The number of ether oxygens (including phenoxy) is 1. The summed E-state index contributed by atoms with van der Waals surface area (Å²) < 4.78 is 13.7. The fourth-order valence-corrected chi connectivity index (χ4v) is 3.38. The first kappa shape index (κ1) is 18.8. The Morgan fingerprint density at radius 3 is 2.61 bits per heavy atom. The summed E-state index contributed by atoms with van der Waals surface area (Å²) in [4.78, 5) is 16.8. The lowest BCUT2D eigenvalue weighted by Crippen LogP contribution is -2.48. The summed E-state index contributed by atoms with van der Waals surface area (Å²) in [6.45, 7) is 4.03. The Morgan fingerprint density at radius 1 is 1.11 bits per heavy atom. The molecule has 1 saturated heterocycles. The monoisotopic (exact) mass is 444 g/mol. The molecule has 146 valence electrons. The van der Waals surface area contributed by atoms with Gasteiger partial charge in [-0.25, -0.2) is 4.68 Å². The molecule has 3 heterocycles. The van der Waals surface area contributed by atoms with Gasteiger partial charge in [-0.15, -0.1) is 0 Å². The molecular formula is C20H21BrN4O3. The lowest BCUT2D eigenvalue weighted by atomic mass is 10.2. The number of carbonyl (C=O) groups is 1. The van der Waals surface area contributed by atoms with Gasteiger partial charge in [-0.05, 0) is 42.5 Å². The Morgan fingerprint density at radius 2 is 1.89 bits per heavy atom. The zero-order valence-electron chi connectivity index (χ0n) is 15.3. The fraction of sp³-hybridized carbons (Fsp3) is 0.300. The van der Waals surface area contributed by atoms with Crippen molar-refractivity contribution in [2.24, 2.45) is 0 Å². The summed E-state index contributed by atoms with van der Waals surface area (Å²) in [5.74, 6) is 1.66. The van der Waals surface area contributed by atoms with Crippen LogP contribution in [-0.4, -0.2) is 51.7 Å². The first-order chi connectivity index (χ1) is 13.7. The van der Waals surface area contributed by atoms with Gasteiger partial charge in [-0.1, -0.05) is 15.9 Å². The van der Waals surface area contributed by atoms with Gasteiger partial charge in [0, 0.05) is 36.8 Å². The third-order valence-corrected chi connectivity index (χ3v) is 5.18. The van der Waals surface area contributed by atoms with Crippen molar-refractivity contribution in [3.8, 4) is 5.75 Å². The van der Waals surface area contributed by atoms with Crippen LogP contribution in [0.5, 0.6) is 5.75 Å². The third kappa shape index (κ3) is 4.63. The van der Waals surface area contributed by atoms with E-state index in [1.54, 1.807) is 23.2 Å². The number of nitrogens with zero attached hydrogens (tertiary/aromatic N) is 4. The summed E-state index contributed by atoms with van der Waals surface area (Å²) in [5.41, 5.74) is 0.443. The van der Waals surface area contributed by atoms with E-state index in [-0.39, 0.29) is 12.6 Å². The second kappa shape index (κ2) is 8.62. The number of carbonyl (C=O) groups excluding carboxylic acids is 1. The molecule has 0 N–H and O–H groups in total. The van der Waals surface area contributed by atoms with E-state index in [2.05, 4.69) is 25.9 Å². The number of halogens is 1. The largest absolute Gasteiger partial charge is 0.471 e. The van der Waals surface area contributed by atoms with Gasteiger partial charge < -0.3 is 14.1 Å². The molecule has 2 aromatic heterocycles. The Balaban J connectivity index is 1.27. The van der Waals surface area contributed by atoms with Gasteiger partial charge in [0.1, 0.15) is 11.5 Å². The number of hydrogen-bond acceptors (Lipinski definition) is 5. The Hall–Kier alpha value is -2.58. The standard InChI is InChI=1S/C20H21BrN4O3/c21-16-3-5-17(6-4-16)28-15-25-8-7-19(22-25)20(26)24-11-9-23(10-12-24)14-18-2-1-13-27-18/h1-8,13H,9-12,14-15H2. The molecule has 1 fully saturated rings. The molecule has 1 aromatic carbocycles. The van der Waals surface area contributed by atoms with E-state index in [9.17, 15) is 4.79 Å². The highest BCUT2D eigenvalue weighted by Crippen LogP contribution is 2.16. The third-order valence-electron chi connectivity index (χ3n) is 4.66. The Bertz CT molecular complexity index is 900. The highest BCUT2D eigenvalue weighted by atomic mass is 79.9. The predicted octanol–water partition coefficient (Wildman–Crippen LogP) is 3.23. The van der Waals surface area contributed by atoms with Crippen LogP contribution < -0.4 is 4.74 Å². The van der Waals surface area contributed by atoms with E-state index < -0.39 is 0 Å². The summed E-state index contributed by atoms with van der Waals surface area (Å²) in [5, 5.41) is 4.36. The first-order valence-electron chi connectivity index (χ1n) is 9.13. The molecule has 0 aliphatic carbocycles. The van der Waals surface area contributed by atoms with Gasteiger partial charge in [0.05, 0.1) is 12.8 Å². The zero-order chi connectivity index (χ0) is 19.3. The second-order valence-corrected chi connectivity index (χ2v) is 7.53. The van der Waals surface area contributed by atoms with Crippen molar-refractivity contribution in [3.63, 3.8) is 0 Å². The molecule has 4 rings (SSSR count). The molecule has 0 unspecified atom stereocenters. The van der Waals surface area contributed by atoms with Crippen LogP contribution in [-0.2, 0) is 13.3 Å². The molecule has 28 heavy (non-hydrogen) atoms. The molecule has 0 radical (unpaired) electrons. The fourth-order valence-electron chi connectivity index (χ4n) is 3.11. The number of benzene rings is 1. The van der Waals surface area contributed by atoms with Crippen molar-refractivity contribution in [2.45, 2.75) is 13.3 Å². The van der Waals surface area contributed by atoms with E-state index >= 15 is 0 Å². The van der Waals surface area contributed by atoms with E-state index in [0.29, 0.717) is 18.8 Å². The van der Waals surface area contributed by atoms with Crippen molar-refractivity contribution in [1.29, 1.82) is 0 Å².